The highest BCUT2D eigenvalue weighted by Gasteiger charge is 2.00. The van der Waals surface area contributed by atoms with Crippen molar-refractivity contribution in [3.05, 3.63) is 35.9 Å². The number of aryl methyl sites for hydroxylation is 1. The van der Waals surface area contributed by atoms with Crippen LogP contribution in [0.4, 0.5) is 0 Å². The normalized spacial score (nSPS) is 9.69. The number of hydrogen-bond donors (Lipinski definition) is 0. The maximum atomic E-state index is 5.24. The van der Waals surface area contributed by atoms with Crippen molar-refractivity contribution in [2.75, 3.05) is 12.4 Å². The second kappa shape index (κ2) is 5.07. The van der Waals surface area contributed by atoms with E-state index in [1.54, 1.807) is 13.2 Å². The van der Waals surface area contributed by atoms with E-state index in [1.807, 2.05) is 6.07 Å². The van der Waals surface area contributed by atoms with Crippen LogP contribution in [0, 0.1) is 0 Å². The smallest absolute Gasteiger partial charge is 0.126 e. The summed E-state index contributed by atoms with van der Waals surface area (Å²) >= 11 is 3.41. The fourth-order valence-corrected chi connectivity index (χ4v) is 1.65. The van der Waals surface area contributed by atoms with E-state index in [0.717, 1.165) is 23.1 Å². The van der Waals surface area contributed by atoms with Gasteiger partial charge in [0, 0.05) is 10.9 Å². The Morgan fingerprint density at radius 1 is 1.54 bits per heavy atom. The summed E-state index contributed by atoms with van der Waals surface area (Å²) in [7, 11) is 1.68. The molecule has 0 atom stereocenters. The van der Waals surface area contributed by atoms with Crippen molar-refractivity contribution in [2.24, 2.45) is 0 Å². The third-order valence-corrected chi connectivity index (χ3v) is 2.30. The fourth-order valence-electron chi connectivity index (χ4n) is 1.19. The molecule has 70 valence electrons. The van der Waals surface area contributed by atoms with Crippen molar-refractivity contribution >= 4 is 22.0 Å². The number of ether oxygens (including phenoxy) is 1. The zero-order valence-electron chi connectivity index (χ0n) is 7.72. The Hall–Kier alpha value is -0.760. The van der Waals surface area contributed by atoms with Gasteiger partial charge in [0.2, 0.25) is 0 Å². The van der Waals surface area contributed by atoms with E-state index < -0.39 is 0 Å². The Bertz CT molecular complexity index is 294. The standard InChI is InChI=1S/C11H13BrO/c1-3-10-5-4-9(6-7-12)8-11(10)13-2/h3-5,8H,1,6-7H2,2H3. The van der Waals surface area contributed by atoms with Gasteiger partial charge in [-0.25, -0.2) is 0 Å². The summed E-state index contributed by atoms with van der Waals surface area (Å²) in [6, 6.07) is 6.18. The molecule has 0 aliphatic carbocycles. The van der Waals surface area contributed by atoms with Crippen LogP contribution in [-0.2, 0) is 6.42 Å². The lowest BCUT2D eigenvalue weighted by molar-refractivity contribution is 0.413. The lowest BCUT2D eigenvalue weighted by atomic mass is 10.1. The third kappa shape index (κ3) is 2.59. The summed E-state index contributed by atoms with van der Waals surface area (Å²) in [5.74, 6) is 0.897. The van der Waals surface area contributed by atoms with Crippen LogP contribution in [0.2, 0.25) is 0 Å². The van der Waals surface area contributed by atoms with Crippen LogP contribution in [0.1, 0.15) is 11.1 Å². The lowest BCUT2D eigenvalue weighted by Gasteiger charge is -2.06. The average molecular weight is 241 g/mol. The SMILES string of the molecule is C=Cc1ccc(CCBr)cc1OC. The molecular formula is C11H13BrO. The molecular weight excluding hydrogens is 228 g/mol. The molecule has 0 N–H and O–H groups in total. The first kappa shape index (κ1) is 10.3. The van der Waals surface area contributed by atoms with Crippen LogP contribution >= 0.6 is 15.9 Å². The van der Waals surface area contributed by atoms with E-state index in [1.165, 1.54) is 5.56 Å². The van der Waals surface area contributed by atoms with Crippen molar-refractivity contribution in [3.8, 4) is 5.75 Å². The number of alkyl halides is 1. The van der Waals surface area contributed by atoms with Gasteiger partial charge in [-0.15, -0.1) is 0 Å². The number of methoxy groups -OCH3 is 1. The van der Waals surface area contributed by atoms with Gasteiger partial charge in [-0.3, -0.25) is 0 Å². The van der Waals surface area contributed by atoms with E-state index in [4.69, 9.17) is 4.74 Å². The summed E-state index contributed by atoms with van der Waals surface area (Å²) < 4.78 is 5.24. The predicted molar refractivity (Wildman–Crippen MR) is 60.6 cm³/mol. The molecule has 1 nitrogen and oxygen atoms in total. The van der Waals surface area contributed by atoms with Crippen molar-refractivity contribution < 1.29 is 4.74 Å². The van der Waals surface area contributed by atoms with Crippen molar-refractivity contribution in [2.45, 2.75) is 6.42 Å². The Morgan fingerprint density at radius 2 is 2.31 bits per heavy atom. The molecule has 1 aromatic carbocycles. The highest BCUT2D eigenvalue weighted by atomic mass is 79.9. The van der Waals surface area contributed by atoms with Gasteiger partial charge in [0.05, 0.1) is 7.11 Å². The van der Waals surface area contributed by atoms with Gasteiger partial charge in [-0.2, -0.15) is 0 Å². The largest absolute Gasteiger partial charge is 0.496 e. The van der Waals surface area contributed by atoms with Crippen LogP contribution in [-0.4, -0.2) is 12.4 Å². The van der Waals surface area contributed by atoms with Crippen LogP contribution in [0.15, 0.2) is 24.8 Å². The van der Waals surface area contributed by atoms with Crippen molar-refractivity contribution in [1.29, 1.82) is 0 Å². The molecule has 0 radical (unpaired) electrons. The number of benzene rings is 1. The maximum Gasteiger partial charge on any atom is 0.126 e. The first-order valence-corrected chi connectivity index (χ1v) is 5.29. The molecule has 0 spiro atoms. The Morgan fingerprint density at radius 3 is 2.85 bits per heavy atom. The first-order valence-electron chi connectivity index (χ1n) is 4.17. The highest BCUT2D eigenvalue weighted by molar-refractivity contribution is 9.09. The zero-order chi connectivity index (χ0) is 9.68. The Labute approximate surface area is 87.5 Å². The van der Waals surface area contributed by atoms with Gasteiger partial charge >= 0.3 is 0 Å². The highest BCUT2D eigenvalue weighted by Crippen LogP contribution is 2.21. The molecule has 13 heavy (non-hydrogen) atoms. The summed E-state index contributed by atoms with van der Waals surface area (Å²) in [5, 5.41) is 0.976. The molecule has 1 aromatic rings. The van der Waals surface area contributed by atoms with Crippen LogP contribution in [0.3, 0.4) is 0 Å². The monoisotopic (exact) mass is 240 g/mol. The molecule has 2 heteroatoms. The van der Waals surface area contributed by atoms with Crippen LogP contribution in [0.5, 0.6) is 5.75 Å². The van der Waals surface area contributed by atoms with Crippen LogP contribution < -0.4 is 4.74 Å². The van der Waals surface area contributed by atoms with E-state index in [-0.39, 0.29) is 0 Å². The molecule has 0 bridgehead atoms. The zero-order valence-corrected chi connectivity index (χ0v) is 9.30. The molecule has 0 aliphatic heterocycles. The first-order chi connectivity index (χ1) is 6.31. The van der Waals surface area contributed by atoms with Crippen molar-refractivity contribution in [1.82, 2.24) is 0 Å². The number of hydrogen-bond acceptors (Lipinski definition) is 1. The Kier molecular flexibility index (Phi) is 4.03. The second-order valence-electron chi connectivity index (χ2n) is 2.72. The topological polar surface area (TPSA) is 9.23 Å². The minimum absolute atomic E-state index is 0.897. The number of halogens is 1. The van der Waals surface area contributed by atoms with Gasteiger partial charge < -0.3 is 4.74 Å². The van der Waals surface area contributed by atoms with E-state index in [2.05, 4.69) is 34.6 Å². The maximum absolute atomic E-state index is 5.24. The van der Waals surface area contributed by atoms with Gasteiger partial charge in [0.15, 0.2) is 0 Å². The molecule has 0 aromatic heterocycles. The minimum Gasteiger partial charge on any atom is -0.496 e. The lowest BCUT2D eigenvalue weighted by Crippen LogP contribution is -1.91. The van der Waals surface area contributed by atoms with Crippen molar-refractivity contribution in [3.63, 3.8) is 0 Å². The molecule has 0 saturated carbocycles. The average Bonchev–Trinajstić information content (AvgIpc) is 2.18. The molecule has 0 fully saturated rings. The molecule has 0 unspecified atom stereocenters. The van der Waals surface area contributed by atoms with E-state index in [9.17, 15) is 0 Å². The van der Waals surface area contributed by atoms with E-state index >= 15 is 0 Å². The molecule has 0 amide bonds. The van der Waals surface area contributed by atoms with Gasteiger partial charge in [-0.1, -0.05) is 40.7 Å². The fraction of sp³-hybridized carbons (Fsp3) is 0.273. The molecule has 0 saturated heterocycles. The summed E-state index contributed by atoms with van der Waals surface area (Å²) in [6.45, 7) is 3.73. The predicted octanol–water partition coefficient (Wildman–Crippen LogP) is 3.28. The molecule has 1 rings (SSSR count). The van der Waals surface area contributed by atoms with Gasteiger partial charge in [0.25, 0.3) is 0 Å². The minimum atomic E-state index is 0.897. The third-order valence-electron chi connectivity index (χ3n) is 1.90. The van der Waals surface area contributed by atoms with Gasteiger partial charge in [0.1, 0.15) is 5.75 Å². The Balaban J connectivity index is 2.98. The second-order valence-corrected chi connectivity index (χ2v) is 3.51. The van der Waals surface area contributed by atoms with Crippen LogP contribution in [0.25, 0.3) is 6.08 Å². The quantitative estimate of drug-likeness (QED) is 0.735. The molecule has 0 aliphatic rings. The number of rotatable bonds is 4. The summed E-state index contributed by atoms with van der Waals surface area (Å²) in [6.07, 6.45) is 2.82. The summed E-state index contributed by atoms with van der Waals surface area (Å²) in [4.78, 5) is 0. The summed E-state index contributed by atoms with van der Waals surface area (Å²) in [5.41, 5.74) is 2.32. The molecule has 0 heterocycles. The van der Waals surface area contributed by atoms with E-state index in [0.29, 0.717) is 0 Å². The van der Waals surface area contributed by atoms with Gasteiger partial charge in [-0.05, 0) is 18.1 Å².